The molecule has 1 heterocycles. The molecular formula is C20H17BrClNO4. The Labute approximate surface area is 170 Å². The van der Waals surface area contributed by atoms with Crippen LogP contribution in [0.5, 0.6) is 11.5 Å². The lowest BCUT2D eigenvalue weighted by atomic mass is 10.1. The third kappa shape index (κ3) is 4.46. The van der Waals surface area contributed by atoms with E-state index in [1.54, 1.807) is 50.6 Å². The zero-order chi connectivity index (χ0) is 19.4. The highest BCUT2D eigenvalue weighted by atomic mass is 79.9. The van der Waals surface area contributed by atoms with Gasteiger partial charge in [-0.25, -0.2) is 4.79 Å². The van der Waals surface area contributed by atoms with E-state index in [0.717, 1.165) is 10.2 Å². The van der Waals surface area contributed by atoms with Gasteiger partial charge >= 0.3 is 5.63 Å². The standard InChI is InChI=1S/C20H17BrClNO4/c1-25-18-9-15(16(21)10-19(18)26-2)17-8-3-12(20(24)27-17)11-23-14-6-4-13(22)5-7-14/h3-10,23H,11H2,1-2H3. The quantitative estimate of drug-likeness (QED) is 0.548. The molecule has 0 amide bonds. The van der Waals surface area contributed by atoms with Gasteiger partial charge in [0.15, 0.2) is 11.5 Å². The Morgan fingerprint density at radius 1 is 1.04 bits per heavy atom. The first kappa shape index (κ1) is 19.3. The number of benzene rings is 2. The summed E-state index contributed by atoms with van der Waals surface area (Å²) in [6.45, 7) is 0.345. The lowest BCUT2D eigenvalue weighted by Crippen LogP contribution is -2.12. The SMILES string of the molecule is COc1cc(Br)c(-c2ccc(CNc3ccc(Cl)cc3)c(=O)o2)cc1OC. The van der Waals surface area contributed by atoms with Crippen molar-refractivity contribution in [3.63, 3.8) is 0 Å². The van der Waals surface area contributed by atoms with Crippen molar-refractivity contribution in [1.82, 2.24) is 0 Å². The van der Waals surface area contributed by atoms with Gasteiger partial charge in [0.2, 0.25) is 0 Å². The fourth-order valence-corrected chi connectivity index (χ4v) is 3.17. The third-order valence-corrected chi connectivity index (χ3v) is 4.87. The maximum atomic E-state index is 12.4. The molecular weight excluding hydrogens is 434 g/mol. The average molecular weight is 451 g/mol. The molecule has 3 aromatic rings. The van der Waals surface area contributed by atoms with E-state index in [1.165, 1.54) is 0 Å². The summed E-state index contributed by atoms with van der Waals surface area (Å²) >= 11 is 9.35. The molecule has 27 heavy (non-hydrogen) atoms. The second-order valence-corrected chi connectivity index (χ2v) is 6.95. The fourth-order valence-electron chi connectivity index (χ4n) is 2.53. The largest absolute Gasteiger partial charge is 0.493 e. The van der Waals surface area contributed by atoms with E-state index in [4.69, 9.17) is 25.5 Å². The minimum atomic E-state index is -0.407. The summed E-state index contributed by atoms with van der Waals surface area (Å²) in [5, 5.41) is 3.83. The fraction of sp³-hybridized carbons (Fsp3) is 0.150. The summed E-state index contributed by atoms with van der Waals surface area (Å²) in [7, 11) is 3.11. The highest BCUT2D eigenvalue weighted by Gasteiger charge is 2.14. The van der Waals surface area contributed by atoms with Crippen molar-refractivity contribution in [2.75, 3.05) is 19.5 Å². The van der Waals surface area contributed by atoms with Crippen LogP contribution in [0.25, 0.3) is 11.3 Å². The number of nitrogens with one attached hydrogen (secondary N) is 1. The lowest BCUT2D eigenvalue weighted by molar-refractivity contribution is 0.354. The van der Waals surface area contributed by atoms with Gasteiger partial charge in [0.05, 0.1) is 19.8 Å². The van der Waals surface area contributed by atoms with E-state index in [1.807, 2.05) is 12.1 Å². The van der Waals surface area contributed by atoms with Crippen molar-refractivity contribution in [3.05, 3.63) is 74.0 Å². The summed E-state index contributed by atoms with van der Waals surface area (Å²) in [5.41, 5.74) is 1.67. The Morgan fingerprint density at radius 3 is 2.33 bits per heavy atom. The minimum Gasteiger partial charge on any atom is -0.493 e. The van der Waals surface area contributed by atoms with E-state index in [9.17, 15) is 4.79 Å². The molecule has 0 atom stereocenters. The molecule has 0 bridgehead atoms. The van der Waals surface area contributed by atoms with Crippen LogP contribution in [0.1, 0.15) is 5.56 Å². The second-order valence-electron chi connectivity index (χ2n) is 5.66. The van der Waals surface area contributed by atoms with E-state index in [0.29, 0.717) is 40.0 Å². The molecule has 0 saturated carbocycles. The number of ether oxygens (including phenoxy) is 2. The highest BCUT2D eigenvalue weighted by molar-refractivity contribution is 9.10. The number of rotatable bonds is 6. The van der Waals surface area contributed by atoms with Gasteiger partial charge in [-0.15, -0.1) is 0 Å². The van der Waals surface area contributed by atoms with Crippen LogP contribution in [0.2, 0.25) is 5.02 Å². The zero-order valence-electron chi connectivity index (χ0n) is 14.7. The summed E-state index contributed by atoms with van der Waals surface area (Å²) < 4.78 is 16.8. The van der Waals surface area contributed by atoms with Crippen molar-refractivity contribution >= 4 is 33.2 Å². The zero-order valence-corrected chi connectivity index (χ0v) is 17.1. The molecule has 0 saturated heterocycles. The van der Waals surface area contributed by atoms with Gasteiger partial charge in [-0.1, -0.05) is 11.6 Å². The van der Waals surface area contributed by atoms with Crippen molar-refractivity contribution < 1.29 is 13.9 Å². The molecule has 0 fully saturated rings. The van der Waals surface area contributed by atoms with Crippen LogP contribution < -0.4 is 20.4 Å². The molecule has 1 aromatic heterocycles. The molecule has 0 radical (unpaired) electrons. The van der Waals surface area contributed by atoms with E-state index in [-0.39, 0.29) is 0 Å². The van der Waals surface area contributed by atoms with Gasteiger partial charge in [-0.2, -0.15) is 0 Å². The van der Waals surface area contributed by atoms with Crippen molar-refractivity contribution in [3.8, 4) is 22.8 Å². The summed E-state index contributed by atoms with van der Waals surface area (Å²) in [6.07, 6.45) is 0. The maximum absolute atomic E-state index is 12.4. The molecule has 7 heteroatoms. The van der Waals surface area contributed by atoms with Crippen LogP contribution in [0.3, 0.4) is 0 Å². The molecule has 2 aromatic carbocycles. The van der Waals surface area contributed by atoms with E-state index in [2.05, 4.69) is 21.2 Å². The third-order valence-electron chi connectivity index (χ3n) is 3.97. The van der Waals surface area contributed by atoms with Crippen LogP contribution in [-0.2, 0) is 6.54 Å². The first-order valence-corrected chi connectivity index (χ1v) is 9.23. The normalized spacial score (nSPS) is 10.5. The lowest BCUT2D eigenvalue weighted by Gasteiger charge is -2.11. The summed E-state index contributed by atoms with van der Waals surface area (Å²) in [6, 6.07) is 14.3. The average Bonchev–Trinajstić information content (AvgIpc) is 2.68. The highest BCUT2D eigenvalue weighted by Crippen LogP contribution is 2.38. The molecule has 5 nitrogen and oxygen atoms in total. The van der Waals surface area contributed by atoms with E-state index < -0.39 is 5.63 Å². The van der Waals surface area contributed by atoms with Crippen molar-refractivity contribution in [2.24, 2.45) is 0 Å². The summed E-state index contributed by atoms with van der Waals surface area (Å²) in [4.78, 5) is 12.4. The maximum Gasteiger partial charge on any atom is 0.341 e. The Bertz CT molecular complexity index is 1000. The number of halogens is 2. The number of anilines is 1. The van der Waals surface area contributed by atoms with Gasteiger partial charge in [0, 0.05) is 27.3 Å². The van der Waals surface area contributed by atoms with Gasteiger partial charge in [-0.3, -0.25) is 0 Å². The topological polar surface area (TPSA) is 60.7 Å². The molecule has 140 valence electrons. The second kappa shape index (κ2) is 8.50. The van der Waals surface area contributed by atoms with Crippen LogP contribution >= 0.6 is 27.5 Å². The van der Waals surface area contributed by atoms with Crippen LogP contribution in [0, 0.1) is 0 Å². The Balaban J connectivity index is 1.84. The monoisotopic (exact) mass is 449 g/mol. The van der Waals surface area contributed by atoms with E-state index >= 15 is 0 Å². The first-order chi connectivity index (χ1) is 13.0. The van der Waals surface area contributed by atoms with Crippen LogP contribution in [-0.4, -0.2) is 14.2 Å². The number of methoxy groups -OCH3 is 2. The Kier molecular flexibility index (Phi) is 6.08. The van der Waals surface area contributed by atoms with Crippen LogP contribution in [0.15, 0.2) is 62.2 Å². The molecule has 0 aliphatic rings. The smallest absolute Gasteiger partial charge is 0.341 e. The molecule has 3 rings (SSSR count). The minimum absolute atomic E-state index is 0.345. The predicted octanol–water partition coefficient (Wildman–Crippen LogP) is 5.35. The van der Waals surface area contributed by atoms with Crippen molar-refractivity contribution in [2.45, 2.75) is 6.54 Å². The predicted molar refractivity (Wildman–Crippen MR) is 110 cm³/mol. The number of hydrogen-bond acceptors (Lipinski definition) is 5. The molecule has 0 unspecified atom stereocenters. The first-order valence-electron chi connectivity index (χ1n) is 8.06. The molecule has 0 spiro atoms. The Hall–Kier alpha value is -2.44. The van der Waals surface area contributed by atoms with Crippen molar-refractivity contribution in [1.29, 1.82) is 0 Å². The van der Waals surface area contributed by atoms with Crippen LogP contribution in [0.4, 0.5) is 5.69 Å². The Morgan fingerprint density at radius 2 is 1.70 bits per heavy atom. The molecule has 0 aliphatic carbocycles. The summed E-state index contributed by atoms with van der Waals surface area (Å²) in [5.74, 6) is 1.56. The molecule has 1 N–H and O–H groups in total. The van der Waals surface area contributed by atoms with Gasteiger partial charge < -0.3 is 19.2 Å². The van der Waals surface area contributed by atoms with Gasteiger partial charge in [0.25, 0.3) is 0 Å². The van der Waals surface area contributed by atoms with Gasteiger partial charge in [-0.05, 0) is 64.5 Å². The molecule has 0 aliphatic heterocycles. The van der Waals surface area contributed by atoms with Gasteiger partial charge in [0.1, 0.15) is 5.76 Å². The number of hydrogen-bond donors (Lipinski definition) is 1.